The van der Waals surface area contributed by atoms with E-state index in [0.29, 0.717) is 19.4 Å². The molecule has 1 amide bonds. The van der Waals surface area contributed by atoms with E-state index in [-0.39, 0.29) is 29.7 Å². The predicted octanol–water partition coefficient (Wildman–Crippen LogP) is 3.33. The third-order valence-corrected chi connectivity index (χ3v) is 7.23. The molecule has 1 aliphatic heterocycles. The van der Waals surface area contributed by atoms with Crippen molar-refractivity contribution in [2.45, 2.75) is 23.8 Å². The van der Waals surface area contributed by atoms with E-state index in [1.54, 1.807) is 30.3 Å². The van der Waals surface area contributed by atoms with E-state index >= 15 is 0 Å². The van der Waals surface area contributed by atoms with E-state index in [1.807, 2.05) is 24.3 Å². The number of rotatable bonds is 7. The minimum Gasteiger partial charge on any atom is -0.489 e. The summed E-state index contributed by atoms with van der Waals surface area (Å²) in [6, 6.07) is 17.8. The van der Waals surface area contributed by atoms with Crippen molar-refractivity contribution < 1.29 is 22.3 Å². The number of carbonyl (C=O) groups excluding carboxylic acids is 1. The summed E-state index contributed by atoms with van der Waals surface area (Å²) in [7, 11) is -3.81. The molecule has 0 bridgehead atoms. The van der Waals surface area contributed by atoms with Crippen LogP contribution < -0.4 is 10.1 Å². The van der Waals surface area contributed by atoms with Crippen molar-refractivity contribution >= 4 is 26.7 Å². The monoisotopic (exact) mass is 442 g/mol. The topological polar surface area (TPSA) is 75.7 Å². The largest absolute Gasteiger partial charge is 0.489 e. The van der Waals surface area contributed by atoms with E-state index in [0.717, 1.165) is 10.8 Å². The van der Waals surface area contributed by atoms with Crippen LogP contribution in [0.15, 0.2) is 71.6 Å². The molecule has 0 radical (unpaired) electrons. The molecule has 1 heterocycles. The van der Waals surface area contributed by atoms with Gasteiger partial charge in [0.2, 0.25) is 15.9 Å². The van der Waals surface area contributed by atoms with Crippen molar-refractivity contribution in [1.29, 1.82) is 0 Å². The van der Waals surface area contributed by atoms with E-state index in [2.05, 4.69) is 5.32 Å². The fraction of sp³-hybridized carbons (Fsp3) is 0.261. The Bertz CT molecular complexity index is 1200. The lowest BCUT2D eigenvalue weighted by atomic mass is 10.1. The fourth-order valence-corrected chi connectivity index (χ4v) is 5.46. The van der Waals surface area contributed by atoms with Crippen molar-refractivity contribution in [2.24, 2.45) is 0 Å². The van der Waals surface area contributed by atoms with Crippen molar-refractivity contribution in [3.8, 4) is 5.75 Å². The Morgan fingerprint density at radius 1 is 1.06 bits per heavy atom. The van der Waals surface area contributed by atoms with Gasteiger partial charge in [-0.25, -0.2) is 12.8 Å². The maximum Gasteiger partial charge on any atom is 0.243 e. The number of para-hydroxylation sites is 1. The van der Waals surface area contributed by atoms with Crippen molar-refractivity contribution in [2.75, 3.05) is 19.7 Å². The van der Waals surface area contributed by atoms with E-state index < -0.39 is 21.9 Å². The Balaban J connectivity index is 1.41. The average Bonchev–Trinajstić information content (AvgIpc) is 3.28. The molecule has 0 spiro atoms. The molecule has 31 heavy (non-hydrogen) atoms. The highest BCUT2D eigenvalue weighted by atomic mass is 32.2. The smallest absolute Gasteiger partial charge is 0.243 e. The summed E-state index contributed by atoms with van der Waals surface area (Å²) in [5, 5.41) is 4.48. The number of halogens is 1. The first-order valence-corrected chi connectivity index (χ1v) is 11.6. The molecule has 1 saturated heterocycles. The number of hydrogen-bond donors (Lipinski definition) is 1. The van der Waals surface area contributed by atoms with Gasteiger partial charge < -0.3 is 10.1 Å². The molecule has 0 saturated carbocycles. The summed E-state index contributed by atoms with van der Waals surface area (Å²) in [4.78, 5) is 12.9. The molecule has 0 aliphatic carbocycles. The van der Waals surface area contributed by atoms with E-state index in [1.165, 1.54) is 16.4 Å². The highest BCUT2D eigenvalue weighted by molar-refractivity contribution is 7.89. The number of hydrogen-bond acceptors (Lipinski definition) is 4. The van der Waals surface area contributed by atoms with Gasteiger partial charge in [-0.05, 0) is 47.9 Å². The highest BCUT2D eigenvalue weighted by Gasteiger charge is 2.39. The number of benzene rings is 3. The van der Waals surface area contributed by atoms with Gasteiger partial charge in [0.1, 0.15) is 12.6 Å². The molecule has 1 aliphatic rings. The Hall–Kier alpha value is -2.97. The zero-order valence-electron chi connectivity index (χ0n) is 16.8. The average molecular weight is 443 g/mol. The Kier molecular flexibility index (Phi) is 6.20. The molecule has 1 N–H and O–H groups in total. The summed E-state index contributed by atoms with van der Waals surface area (Å²) in [5.74, 6) is -0.741. The summed E-state index contributed by atoms with van der Waals surface area (Å²) < 4.78 is 46.6. The van der Waals surface area contributed by atoms with Gasteiger partial charge >= 0.3 is 0 Å². The molecule has 3 aromatic carbocycles. The second-order valence-corrected chi connectivity index (χ2v) is 9.24. The lowest BCUT2D eigenvalue weighted by Crippen LogP contribution is -2.46. The molecular formula is C23H23FN2O4S. The number of carbonyl (C=O) groups is 1. The van der Waals surface area contributed by atoms with Gasteiger partial charge in [-0.2, -0.15) is 4.31 Å². The van der Waals surface area contributed by atoms with Gasteiger partial charge in [-0.15, -0.1) is 0 Å². The van der Waals surface area contributed by atoms with Crippen LogP contribution in [0.4, 0.5) is 4.39 Å². The third-order valence-electron chi connectivity index (χ3n) is 5.33. The summed E-state index contributed by atoms with van der Waals surface area (Å²) >= 11 is 0. The SMILES string of the molecule is O=C(NCCOc1ccccc1F)[C@@H]1CCCN1S(=O)(=O)c1ccc2ccccc2c1. The third kappa shape index (κ3) is 4.55. The molecule has 0 aromatic heterocycles. The maximum absolute atomic E-state index is 13.6. The number of nitrogens with zero attached hydrogens (tertiary/aromatic N) is 1. The zero-order chi connectivity index (χ0) is 21.8. The van der Waals surface area contributed by atoms with Crippen LogP contribution in [-0.2, 0) is 14.8 Å². The molecule has 3 aromatic rings. The van der Waals surface area contributed by atoms with Crippen LogP contribution in [0.2, 0.25) is 0 Å². The summed E-state index contributed by atoms with van der Waals surface area (Å²) in [5.41, 5.74) is 0. The number of fused-ring (bicyclic) bond motifs is 1. The second-order valence-electron chi connectivity index (χ2n) is 7.35. The Morgan fingerprint density at radius 3 is 2.61 bits per heavy atom. The number of sulfonamides is 1. The number of nitrogens with one attached hydrogen (secondary N) is 1. The van der Waals surface area contributed by atoms with Gasteiger partial charge in [0.15, 0.2) is 11.6 Å². The normalized spacial score (nSPS) is 17.0. The van der Waals surface area contributed by atoms with Gasteiger partial charge in [-0.1, -0.05) is 42.5 Å². The Labute approximate surface area is 180 Å². The van der Waals surface area contributed by atoms with E-state index in [4.69, 9.17) is 4.74 Å². The molecule has 8 heteroatoms. The maximum atomic E-state index is 13.6. The molecular weight excluding hydrogens is 419 g/mol. The second kappa shape index (κ2) is 9.03. The van der Waals surface area contributed by atoms with Crippen LogP contribution in [0.1, 0.15) is 12.8 Å². The molecule has 0 unspecified atom stereocenters. The Morgan fingerprint density at radius 2 is 1.81 bits per heavy atom. The van der Waals surface area contributed by atoms with Crippen LogP contribution in [0.3, 0.4) is 0 Å². The molecule has 1 atom stereocenters. The number of amides is 1. The molecule has 4 rings (SSSR count). The summed E-state index contributed by atoms with van der Waals surface area (Å²) in [6.45, 7) is 0.517. The first kappa shape index (κ1) is 21.3. The number of ether oxygens (including phenoxy) is 1. The summed E-state index contributed by atoms with van der Waals surface area (Å²) in [6.07, 6.45) is 1.06. The van der Waals surface area contributed by atoms with Crippen LogP contribution in [0.5, 0.6) is 5.75 Å². The van der Waals surface area contributed by atoms with Crippen molar-refractivity contribution in [3.63, 3.8) is 0 Å². The van der Waals surface area contributed by atoms with Crippen LogP contribution in [0.25, 0.3) is 10.8 Å². The first-order valence-electron chi connectivity index (χ1n) is 10.1. The minimum absolute atomic E-state index is 0.0802. The van der Waals surface area contributed by atoms with Gasteiger partial charge in [0.05, 0.1) is 11.4 Å². The van der Waals surface area contributed by atoms with Crippen molar-refractivity contribution in [3.05, 3.63) is 72.5 Å². The first-order chi connectivity index (χ1) is 15.0. The molecule has 162 valence electrons. The minimum atomic E-state index is -3.81. The highest BCUT2D eigenvalue weighted by Crippen LogP contribution is 2.28. The van der Waals surface area contributed by atoms with Crippen molar-refractivity contribution in [1.82, 2.24) is 9.62 Å². The predicted molar refractivity (Wildman–Crippen MR) is 116 cm³/mol. The molecule has 1 fully saturated rings. The van der Waals surface area contributed by atoms with Gasteiger partial charge in [0, 0.05) is 6.54 Å². The van der Waals surface area contributed by atoms with E-state index in [9.17, 15) is 17.6 Å². The van der Waals surface area contributed by atoms with Gasteiger partial charge in [0.25, 0.3) is 0 Å². The van der Waals surface area contributed by atoms with Crippen LogP contribution in [-0.4, -0.2) is 44.4 Å². The molecule has 6 nitrogen and oxygen atoms in total. The fourth-order valence-electron chi connectivity index (χ4n) is 3.77. The lowest BCUT2D eigenvalue weighted by molar-refractivity contribution is -0.124. The van der Waals surface area contributed by atoms with Crippen LogP contribution >= 0.6 is 0 Å². The quantitative estimate of drug-likeness (QED) is 0.570. The van der Waals surface area contributed by atoms with Crippen LogP contribution in [0, 0.1) is 5.82 Å². The zero-order valence-corrected chi connectivity index (χ0v) is 17.6. The van der Waals surface area contributed by atoms with Gasteiger partial charge in [-0.3, -0.25) is 4.79 Å². The standard InChI is InChI=1S/C23H23FN2O4S/c24-20-8-3-4-10-22(20)30-15-13-25-23(27)21-9-5-14-26(21)31(28,29)19-12-11-17-6-1-2-7-18(17)16-19/h1-4,6-8,10-12,16,21H,5,9,13-15H2,(H,25,27)/t21-/m0/s1. The lowest BCUT2D eigenvalue weighted by Gasteiger charge is -2.23.